The molecule has 0 radical (unpaired) electrons. The molecule has 166 valence electrons. The van der Waals surface area contributed by atoms with Crippen LogP contribution < -0.4 is 4.74 Å². The molecule has 1 heterocycles. The Hall–Kier alpha value is -2.89. The lowest BCUT2D eigenvalue weighted by atomic mass is 10.1. The first-order valence-corrected chi connectivity index (χ1v) is 11.1. The van der Waals surface area contributed by atoms with Crippen molar-refractivity contribution < 1.29 is 13.9 Å². The predicted octanol–water partition coefficient (Wildman–Crippen LogP) is 5.32. The summed E-state index contributed by atoms with van der Waals surface area (Å²) in [4.78, 5) is 16.9. The molecular weight excluding hydrogens is 427 g/mol. The lowest BCUT2D eigenvalue weighted by molar-refractivity contribution is 0.0627. The van der Waals surface area contributed by atoms with Crippen LogP contribution in [-0.4, -0.2) is 41.9 Å². The zero-order valence-corrected chi connectivity index (χ0v) is 18.8. The average Bonchev–Trinajstić information content (AvgIpc) is 2.82. The standard InChI is InChI=1S/C26H26ClFN2O2/c1-19-16-23(10-11-24(19)27)32-18-20-6-8-21(9-7-20)26(31)30-14-12-29(13-15-30)17-22-4-2-3-5-25(22)28/h2-11,16H,12-15,17-18H2,1H3. The van der Waals surface area contributed by atoms with Crippen molar-refractivity contribution in [2.75, 3.05) is 26.2 Å². The van der Waals surface area contributed by atoms with E-state index in [0.29, 0.717) is 42.4 Å². The number of ether oxygens (including phenoxy) is 1. The maximum Gasteiger partial charge on any atom is 0.253 e. The minimum atomic E-state index is -0.179. The SMILES string of the molecule is Cc1cc(OCc2ccc(C(=O)N3CCN(Cc4ccccc4F)CC3)cc2)ccc1Cl. The highest BCUT2D eigenvalue weighted by Gasteiger charge is 2.22. The molecule has 0 bridgehead atoms. The van der Waals surface area contributed by atoms with E-state index in [1.54, 1.807) is 6.07 Å². The highest BCUT2D eigenvalue weighted by molar-refractivity contribution is 6.31. The summed E-state index contributed by atoms with van der Waals surface area (Å²) in [5, 5.41) is 0.716. The van der Waals surface area contributed by atoms with Gasteiger partial charge in [-0.2, -0.15) is 0 Å². The van der Waals surface area contributed by atoms with Crippen molar-refractivity contribution in [2.24, 2.45) is 0 Å². The van der Waals surface area contributed by atoms with Gasteiger partial charge in [0, 0.05) is 48.9 Å². The fourth-order valence-corrected chi connectivity index (χ4v) is 3.89. The minimum Gasteiger partial charge on any atom is -0.489 e. The molecule has 0 saturated carbocycles. The van der Waals surface area contributed by atoms with Gasteiger partial charge in [-0.15, -0.1) is 0 Å². The predicted molar refractivity (Wildman–Crippen MR) is 125 cm³/mol. The summed E-state index contributed by atoms with van der Waals surface area (Å²) in [6, 6.07) is 20.0. The van der Waals surface area contributed by atoms with E-state index in [9.17, 15) is 9.18 Å². The highest BCUT2D eigenvalue weighted by Crippen LogP contribution is 2.22. The molecule has 0 aliphatic carbocycles. The van der Waals surface area contributed by atoms with Crippen molar-refractivity contribution in [1.82, 2.24) is 9.80 Å². The number of halogens is 2. The number of nitrogens with zero attached hydrogens (tertiary/aromatic N) is 2. The van der Waals surface area contributed by atoms with Gasteiger partial charge < -0.3 is 9.64 Å². The van der Waals surface area contributed by atoms with E-state index in [-0.39, 0.29) is 11.7 Å². The van der Waals surface area contributed by atoms with Crippen LogP contribution in [0.1, 0.15) is 27.0 Å². The summed E-state index contributed by atoms with van der Waals surface area (Å²) < 4.78 is 19.7. The van der Waals surface area contributed by atoms with E-state index >= 15 is 0 Å². The van der Waals surface area contributed by atoms with Crippen LogP contribution >= 0.6 is 11.6 Å². The van der Waals surface area contributed by atoms with Crippen molar-refractivity contribution in [3.05, 3.63) is 99.8 Å². The first kappa shape index (κ1) is 22.3. The molecular formula is C26H26ClFN2O2. The molecule has 4 rings (SSSR count). The second-order valence-corrected chi connectivity index (χ2v) is 8.46. The summed E-state index contributed by atoms with van der Waals surface area (Å²) in [6.45, 7) is 5.65. The molecule has 4 nitrogen and oxygen atoms in total. The molecule has 0 atom stereocenters. The zero-order chi connectivity index (χ0) is 22.5. The number of carbonyl (C=O) groups is 1. The van der Waals surface area contributed by atoms with Crippen LogP contribution in [0.3, 0.4) is 0 Å². The van der Waals surface area contributed by atoms with Gasteiger partial charge in [0.25, 0.3) is 5.91 Å². The molecule has 1 fully saturated rings. The maximum atomic E-state index is 13.9. The molecule has 0 unspecified atom stereocenters. The van der Waals surface area contributed by atoms with Gasteiger partial charge in [-0.25, -0.2) is 4.39 Å². The van der Waals surface area contributed by atoms with E-state index in [2.05, 4.69) is 4.90 Å². The van der Waals surface area contributed by atoms with Gasteiger partial charge in [-0.05, 0) is 54.4 Å². The Kier molecular flexibility index (Phi) is 7.08. The third-order valence-corrected chi connectivity index (χ3v) is 6.17. The first-order chi connectivity index (χ1) is 15.5. The number of amides is 1. The second-order valence-electron chi connectivity index (χ2n) is 8.06. The summed E-state index contributed by atoms with van der Waals surface area (Å²) in [5.74, 6) is 0.609. The van der Waals surface area contributed by atoms with Crippen molar-refractivity contribution in [2.45, 2.75) is 20.1 Å². The number of carbonyl (C=O) groups excluding carboxylic acids is 1. The Labute approximate surface area is 193 Å². The van der Waals surface area contributed by atoms with Crippen LogP contribution in [0.15, 0.2) is 66.7 Å². The second kappa shape index (κ2) is 10.2. The number of benzene rings is 3. The van der Waals surface area contributed by atoms with E-state index in [4.69, 9.17) is 16.3 Å². The number of rotatable bonds is 6. The molecule has 1 saturated heterocycles. The van der Waals surface area contributed by atoms with Gasteiger partial charge in [0.2, 0.25) is 0 Å². The topological polar surface area (TPSA) is 32.8 Å². The van der Waals surface area contributed by atoms with Gasteiger partial charge in [-0.1, -0.05) is 41.9 Å². The van der Waals surface area contributed by atoms with Gasteiger partial charge in [0.1, 0.15) is 18.2 Å². The summed E-state index contributed by atoms with van der Waals surface area (Å²) in [7, 11) is 0. The van der Waals surface area contributed by atoms with Crippen LogP contribution in [0.5, 0.6) is 5.75 Å². The number of aryl methyl sites for hydroxylation is 1. The Morgan fingerprint density at radius 1 is 1.00 bits per heavy atom. The number of hydrogen-bond acceptors (Lipinski definition) is 3. The average molecular weight is 453 g/mol. The largest absolute Gasteiger partial charge is 0.489 e. The summed E-state index contributed by atoms with van der Waals surface area (Å²) >= 11 is 6.05. The first-order valence-electron chi connectivity index (χ1n) is 10.7. The number of hydrogen-bond donors (Lipinski definition) is 0. The normalized spacial score (nSPS) is 14.4. The zero-order valence-electron chi connectivity index (χ0n) is 18.1. The third-order valence-electron chi connectivity index (χ3n) is 5.75. The molecule has 6 heteroatoms. The van der Waals surface area contributed by atoms with Gasteiger partial charge in [0.15, 0.2) is 0 Å². The van der Waals surface area contributed by atoms with Crippen LogP contribution in [0, 0.1) is 12.7 Å². The summed E-state index contributed by atoms with van der Waals surface area (Å²) in [5.41, 5.74) is 3.32. The van der Waals surface area contributed by atoms with Crippen LogP contribution in [0.25, 0.3) is 0 Å². The van der Waals surface area contributed by atoms with Gasteiger partial charge >= 0.3 is 0 Å². The maximum absolute atomic E-state index is 13.9. The van der Waals surface area contributed by atoms with Crippen molar-refractivity contribution in [3.63, 3.8) is 0 Å². The van der Waals surface area contributed by atoms with E-state index in [1.165, 1.54) is 6.07 Å². The molecule has 32 heavy (non-hydrogen) atoms. The summed E-state index contributed by atoms with van der Waals surface area (Å²) in [6.07, 6.45) is 0. The van der Waals surface area contributed by atoms with E-state index in [1.807, 2.05) is 66.4 Å². The lowest BCUT2D eigenvalue weighted by Crippen LogP contribution is -2.48. The Morgan fingerprint density at radius 3 is 2.41 bits per heavy atom. The molecule has 3 aromatic rings. The molecule has 1 aliphatic heterocycles. The molecule has 0 N–H and O–H groups in total. The highest BCUT2D eigenvalue weighted by atomic mass is 35.5. The minimum absolute atomic E-state index is 0.0244. The molecule has 0 spiro atoms. The number of piperazine rings is 1. The van der Waals surface area contributed by atoms with Crippen LogP contribution in [0.4, 0.5) is 4.39 Å². The smallest absolute Gasteiger partial charge is 0.253 e. The monoisotopic (exact) mass is 452 g/mol. The molecule has 3 aromatic carbocycles. The van der Waals surface area contributed by atoms with Crippen LogP contribution in [0.2, 0.25) is 5.02 Å². The van der Waals surface area contributed by atoms with Crippen molar-refractivity contribution >= 4 is 17.5 Å². The van der Waals surface area contributed by atoms with Crippen molar-refractivity contribution in [1.29, 1.82) is 0 Å². The third kappa shape index (κ3) is 5.47. The fourth-order valence-electron chi connectivity index (χ4n) is 3.78. The Bertz CT molecular complexity index is 1080. The fraction of sp³-hybridized carbons (Fsp3) is 0.269. The quantitative estimate of drug-likeness (QED) is 0.507. The van der Waals surface area contributed by atoms with E-state index in [0.717, 1.165) is 30.0 Å². The van der Waals surface area contributed by atoms with Gasteiger partial charge in [-0.3, -0.25) is 9.69 Å². The van der Waals surface area contributed by atoms with E-state index < -0.39 is 0 Å². The van der Waals surface area contributed by atoms with Gasteiger partial charge in [0.05, 0.1) is 0 Å². The van der Waals surface area contributed by atoms with Crippen LogP contribution in [-0.2, 0) is 13.2 Å². The Morgan fingerprint density at radius 2 is 1.72 bits per heavy atom. The Balaban J connectivity index is 1.28. The molecule has 1 amide bonds. The lowest BCUT2D eigenvalue weighted by Gasteiger charge is -2.34. The molecule has 1 aliphatic rings. The molecule has 0 aromatic heterocycles. The van der Waals surface area contributed by atoms with Crippen molar-refractivity contribution in [3.8, 4) is 5.75 Å².